The highest BCUT2D eigenvalue weighted by molar-refractivity contribution is 5.85. The monoisotopic (exact) mass is 434 g/mol. The third-order valence-electron chi connectivity index (χ3n) is 4.66. The van der Waals surface area contributed by atoms with Crippen molar-refractivity contribution in [3.05, 3.63) is 78.9 Å². The Morgan fingerprint density at radius 1 is 0.812 bits per heavy atom. The van der Waals surface area contributed by atoms with E-state index in [1.54, 1.807) is 24.3 Å². The molecule has 1 atom stereocenters. The Labute approximate surface area is 187 Å². The van der Waals surface area contributed by atoms with E-state index in [9.17, 15) is 9.59 Å². The zero-order valence-corrected chi connectivity index (χ0v) is 18.0. The first-order chi connectivity index (χ1) is 15.6. The highest BCUT2D eigenvalue weighted by Gasteiger charge is 2.19. The number of benzene rings is 3. The standard InChI is InChI=1S/C25H26N2O5/c1-3-21(32-20-15-13-19(14-16-20)18-9-5-4-6-10-18)25(29)27-26-24(28)17-31-23-12-8-7-11-22(23)30-2/h4-16,21H,3,17H2,1-2H3,(H,26,28)(H,27,29). The lowest BCUT2D eigenvalue weighted by Gasteiger charge is -2.18. The number of rotatable bonds is 9. The molecule has 0 fully saturated rings. The molecule has 2 amide bonds. The van der Waals surface area contributed by atoms with Crippen LogP contribution in [-0.4, -0.2) is 31.6 Å². The molecule has 0 aromatic heterocycles. The molecule has 32 heavy (non-hydrogen) atoms. The maximum atomic E-state index is 12.4. The van der Waals surface area contributed by atoms with Crippen molar-refractivity contribution in [1.82, 2.24) is 10.9 Å². The first kappa shape index (κ1) is 22.7. The maximum absolute atomic E-state index is 12.4. The Balaban J connectivity index is 1.48. The number of hydrogen-bond acceptors (Lipinski definition) is 5. The average Bonchev–Trinajstić information content (AvgIpc) is 2.85. The second-order valence-corrected chi connectivity index (χ2v) is 6.88. The molecule has 0 aliphatic carbocycles. The normalized spacial score (nSPS) is 11.2. The van der Waals surface area contributed by atoms with E-state index in [0.717, 1.165) is 11.1 Å². The summed E-state index contributed by atoms with van der Waals surface area (Å²) in [5, 5.41) is 0. The topological polar surface area (TPSA) is 85.9 Å². The van der Waals surface area contributed by atoms with Gasteiger partial charge in [-0.2, -0.15) is 0 Å². The zero-order chi connectivity index (χ0) is 22.8. The number of carbonyl (C=O) groups excluding carboxylic acids is 2. The van der Waals surface area contributed by atoms with Crippen LogP contribution in [0, 0.1) is 0 Å². The lowest BCUT2D eigenvalue weighted by Crippen LogP contribution is -2.49. The van der Waals surface area contributed by atoms with E-state index < -0.39 is 17.9 Å². The molecule has 0 spiro atoms. The summed E-state index contributed by atoms with van der Waals surface area (Å²) in [5.74, 6) is 0.557. The minimum atomic E-state index is -0.756. The lowest BCUT2D eigenvalue weighted by molar-refractivity contribution is -0.134. The Kier molecular flexibility index (Phi) is 8.09. The van der Waals surface area contributed by atoms with Gasteiger partial charge < -0.3 is 14.2 Å². The van der Waals surface area contributed by atoms with Crippen molar-refractivity contribution in [3.8, 4) is 28.4 Å². The van der Waals surface area contributed by atoms with Crippen LogP contribution in [0.15, 0.2) is 78.9 Å². The van der Waals surface area contributed by atoms with Crippen molar-refractivity contribution in [2.24, 2.45) is 0 Å². The molecular weight excluding hydrogens is 408 g/mol. The molecule has 2 N–H and O–H groups in total. The second kappa shape index (κ2) is 11.4. The van der Waals surface area contributed by atoms with Crippen molar-refractivity contribution in [3.63, 3.8) is 0 Å². The number of methoxy groups -OCH3 is 1. The van der Waals surface area contributed by atoms with Gasteiger partial charge in [0.25, 0.3) is 11.8 Å². The van der Waals surface area contributed by atoms with E-state index in [0.29, 0.717) is 23.7 Å². The molecule has 3 aromatic carbocycles. The van der Waals surface area contributed by atoms with Crippen molar-refractivity contribution < 1.29 is 23.8 Å². The van der Waals surface area contributed by atoms with Crippen LogP contribution in [0.1, 0.15) is 13.3 Å². The molecule has 0 radical (unpaired) electrons. The number of nitrogens with one attached hydrogen (secondary N) is 2. The van der Waals surface area contributed by atoms with Gasteiger partial charge in [-0.15, -0.1) is 0 Å². The minimum absolute atomic E-state index is 0.279. The number of hydrazine groups is 1. The number of hydrogen-bond donors (Lipinski definition) is 2. The summed E-state index contributed by atoms with van der Waals surface area (Å²) in [5.41, 5.74) is 6.87. The summed E-state index contributed by atoms with van der Waals surface area (Å²) < 4.78 is 16.4. The summed E-state index contributed by atoms with van der Waals surface area (Å²) in [4.78, 5) is 24.5. The zero-order valence-electron chi connectivity index (χ0n) is 18.0. The average molecular weight is 434 g/mol. The molecule has 0 bridgehead atoms. The van der Waals surface area contributed by atoms with Gasteiger partial charge in [-0.1, -0.05) is 61.5 Å². The Bertz CT molecular complexity index is 1020. The first-order valence-corrected chi connectivity index (χ1v) is 10.3. The summed E-state index contributed by atoms with van der Waals surface area (Å²) in [6.07, 6.45) is -0.326. The van der Waals surface area contributed by atoms with Crippen LogP contribution in [0.5, 0.6) is 17.2 Å². The van der Waals surface area contributed by atoms with Gasteiger partial charge in [0.1, 0.15) is 5.75 Å². The first-order valence-electron chi connectivity index (χ1n) is 10.3. The second-order valence-electron chi connectivity index (χ2n) is 6.88. The molecule has 0 saturated heterocycles. The Morgan fingerprint density at radius 2 is 1.44 bits per heavy atom. The molecule has 0 saturated carbocycles. The lowest BCUT2D eigenvalue weighted by atomic mass is 10.1. The van der Waals surface area contributed by atoms with Crippen LogP contribution >= 0.6 is 0 Å². The molecule has 0 aliphatic heterocycles. The van der Waals surface area contributed by atoms with Gasteiger partial charge in [0.05, 0.1) is 7.11 Å². The van der Waals surface area contributed by atoms with Crippen LogP contribution in [-0.2, 0) is 9.59 Å². The highest BCUT2D eigenvalue weighted by atomic mass is 16.5. The highest BCUT2D eigenvalue weighted by Crippen LogP contribution is 2.25. The van der Waals surface area contributed by atoms with Crippen molar-refractivity contribution in [2.75, 3.05) is 13.7 Å². The third kappa shape index (κ3) is 6.25. The molecule has 7 heteroatoms. The fraction of sp³-hybridized carbons (Fsp3) is 0.200. The van der Waals surface area contributed by atoms with E-state index in [1.165, 1.54) is 7.11 Å². The molecule has 0 heterocycles. The minimum Gasteiger partial charge on any atom is -0.493 e. The van der Waals surface area contributed by atoms with Gasteiger partial charge in [-0.3, -0.25) is 20.4 Å². The Hall–Kier alpha value is -4.00. The predicted molar refractivity (Wildman–Crippen MR) is 121 cm³/mol. The van der Waals surface area contributed by atoms with Gasteiger partial charge in [0.2, 0.25) is 0 Å². The van der Waals surface area contributed by atoms with Crippen LogP contribution in [0.3, 0.4) is 0 Å². The summed E-state index contributed by atoms with van der Waals surface area (Å²) in [6, 6.07) is 24.5. The van der Waals surface area contributed by atoms with Gasteiger partial charge in [0.15, 0.2) is 24.2 Å². The van der Waals surface area contributed by atoms with Gasteiger partial charge in [-0.25, -0.2) is 0 Å². The SMILES string of the molecule is CCC(Oc1ccc(-c2ccccc2)cc1)C(=O)NNC(=O)COc1ccccc1OC. The fourth-order valence-electron chi connectivity index (χ4n) is 2.97. The summed E-state index contributed by atoms with van der Waals surface area (Å²) in [6.45, 7) is 1.55. The largest absolute Gasteiger partial charge is 0.493 e. The van der Waals surface area contributed by atoms with E-state index in [1.807, 2.05) is 61.5 Å². The van der Waals surface area contributed by atoms with E-state index in [2.05, 4.69) is 10.9 Å². The molecule has 3 aromatic rings. The van der Waals surface area contributed by atoms with Gasteiger partial charge >= 0.3 is 0 Å². The number of ether oxygens (including phenoxy) is 3. The van der Waals surface area contributed by atoms with Crippen molar-refractivity contribution in [1.29, 1.82) is 0 Å². The quantitative estimate of drug-likeness (QED) is 0.501. The van der Waals surface area contributed by atoms with Crippen LogP contribution in [0.2, 0.25) is 0 Å². The maximum Gasteiger partial charge on any atom is 0.279 e. The van der Waals surface area contributed by atoms with Crippen LogP contribution < -0.4 is 25.1 Å². The number of para-hydroxylation sites is 2. The van der Waals surface area contributed by atoms with Crippen molar-refractivity contribution in [2.45, 2.75) is 19.4 Å². The molecule has 3 rings (SSSR count). The molecule has 166 valence electrons. The molecular formula is C25H26N2O5. The smallest absolute Gasteiger partial charge is 0.279 e. The fourth-order valence-corrected chi connectivity index (χ4v) is 2.97. The van der Waals surface area contributed by atoms with Crippen LogP contribution in [0.25, 0.3) is 11.1 Å². The molecule has 1 unspecified atom stereocenters. The summed E-state index contributed by atoms with van der Waals surface area (Å²) in [7, 11) is 1.52. The number of amides is 2. The number of carbonyl (C=O) groups is 2. The molecule has 7 nitrogen and oxygen atoms in total. The van der Waals surface area contributed by atoms with E-state index >= 15 is 0 Å². The summed E-state index contributed by atoms with van der Waals surface area (Å²) >= 11 is 0. The van der Waals surface area contributed by atoms with Gasteiger partial charge in [-0.05, 0) is 41.8 Å². The Morgan fingerprint density at radius 3 is 2.09 bits per heavy atom. The molecule has 0 aliphatic rings. The van der Waals surface area contributed by atoms with Crippen LogP contribution in [0.4, 0.5) is 0 Å². The predicted octanol–water partition coefficient (Wildman–Crippen LogP) is 3.75. The third-order valence-corrected chi connectivity index (χ3v) is 4.66. The van der Waals surface area contributed by atoms with Crippen molar-refractivity contribution >= 4 is 11.8 Å². The van der Waals surface area contributed by atoms with E-state index in [4.69, 9.17) is 14.2 Å². The van der Waals surface area contributed by atoms with Gasteiger partial charge in [0, 0.05) is 0 Å². The van der Waals surface area contributed by atoms with E-state index in [-0.39, 0.29) is 6.61 Å².